The zero-order chi connectivity index (χ0) is 22.5. The summed E-state index contributed by atoms with van der Waals surface area (Å²) in [6.07, 6.45) is 9.58. The number of carbonyl (C=O) groups excluding carboxylic acids is 1. The molecular formula is C27H39FN2O2. The zero-order valence-corrected chi connectivity index (χ0v) is 19.7. The summed E-state index contributed by atoms with van der Waals surface area (Å²) in [6.45, 7) is 4.66. The smallest absolute Gasteiger partial charge is 0.150 e. The maximum atomic E-state index is 16.5. The molecule has 11 atom stereocenters. The van der Waals surface area contributed by atoms with E-state index in [4.69, 9.17) is 0 Å². The molecule has 0 spiro atoms. The third kappa shape index (κ3) is 3.01. The van der Waals surface area contributed by atoms with Crippen molar-refractivity contribution in [3.8, 4) is 6.07 Å². The lowest BCUT2D eigenvalue weighted by Crippen LogP contribution is -2.58. The Morgan fingerprint density at radius 1 is 1.09 bits per heavy atom. The van der Waals surface area contributed by atoms with Crippen LogP contribution in [0.15, 0.2) is 0 Å². The van der Waals surface area contributed by atoms with Crippen molar-refractivity contribution in [3.63, 3.8) is 0 Å². The Morgan fingerprint density at radius 2 is 1.91 bits per heavy atom. The van der Waals surface area contributed by atoms with E-state index >= 15 is 4.39 Å². The van der Waals surface area contributed by atoms with E-state index in [0.717, 1.165) is 51.4 Å². The van der Waals surface area contributed by atoms with Crippen molar-refractivity contribution in [3.05, 3.63) is 0 Å². The largest absolute Gasteiger partial charge is 0.390 e. The Bertz CT molecular complexity index is 853. The number of carbonyl (C=O) groups is 1. The summed E-state index contributed by atoms with van der Waals surface area (Å²) in [5.41, 5.74) is -1.84. The number of likely N-dealkylation sites (tertiary alicyclic amines) is 1. The van der Waals surface area contributed by atoms with E-state index in [1.807, 2.05) is 6.92 Å². The van der Waals surface area contributed by atoms with Crippen LogP contribution in [0, 0.1) is 52.3 Å². The van der Waals surface area contributed by atoms with Gasteiger partial charge in [-0.05, 0) is 113 Å². The standard InChI is InChI=1S/C27H39FN2O2/c1-25(32)9-10-27(28)17(13-25)3-4-19-20-5-6-22(26(20,2)8-7-21(19)27)24(31)15-30-18(14-29)11-16-12-23(16)30/h16-23,32H,3-13,15H2,1-2H3/t16-,17+,18+,19-,20-,21-,22+,23+,25+,26-,27+/m0/s1. The number of hydrogen-bond acceptors (Lipinski definition) is 4. The van der Waals surface area contributed by atoms with Crippen molar-refractivity contribution in [2.45, 2.75) is 108 Å². The number of alkyl halides is 1. The molecule has 0 amide bonds. The van der Waals surface area contributed by atoms with Crippen LogP contribution < -0.4 is 0 Å². The molecule has 0 aromatic rings. The summed E-state index contributed by atoms with van der Waals surface area (Å²) in [5, 5.41) is 20.1. The molecule has 6 fully saturated rings. The average Bonchev–Trinajstić information content (AvgIpc) is 3.30. The van der Waals surface area contributed by atoms with Crippen molar-refractivity contribution in [2.24, 2.45) is 40.9 Å². The first-order chi connectivity index (χ1) is 15.2. The van der Waals surface area contributed by atoms with Crippen LogP contribution in [-0.2, 0) is 4.79 Å². The minimum Gasteiger partial charge on any atom is -0.390 e. The van der Waals surface area contributed by atoms with Gasteiger partial charge < -0.3 is 5.11 Å². The van der Waals surface area contributed by atoms with E-state index in [1.165, 1.54) is 0 Å². The predicted molar refractivity (Wildman–Crippen MR) is 119 cm³/mol. The molecule has 1 heterocycles. The molecular weight excluding hydrogens is 403 g/mol. The normalized spacial score (nSPS) is 56.5. The van der Waals surface area contributed by atoms with Crippen LogP contribution in [0.1, 0.15) is 84.5 Å². The number of fused-ring (bicyclic) bond motifs is 6. The summed E-state index contributed by atoms with van der Waals surface area (Å²) in [5.74, 6) is 2.01. The van der Waals surface area contributed by atoms with E-state index < -0.39 is 11.3 Å². The highest BCUT2D eigenvalue weighted by molar-refractivity contribution is 5.84. The van der Waals surface area contributed by atoms with Gasteiger partial charge in [0.2, 0.25) is 0 Å². The second kappa shape index (κ2) is 7.01. The van der Waals surface area contributed by atoms with Crippen molar-refractivity contribution in [1.82, 2.24) is 4.90 Å². The van der Waals surface area contributed by atoms with Gasteiger partial charge in [0.25, 0.3) is 0 Å². The Kier molecular flexibility index (Phi) is 4.72. The molecule has 0 bridgehead atoms. The molecule has 0 unspecified atom stereocenters. The summed E-state index contributed by atoms with van der Waals surface area (Å²) < 4.78 is 16.5. The van der Waals surface area contributed by atoms with Gasteiger partial charge >= 0.3 is 0 Å². The number of halogens is 1. The topological polar surface area (TPSA) is 64.3 Å². The maximum Gasteiger partial charge on any atom is 0.150 e. The second-order valence-electron chi connectivity index (χ2n) is 13.0. The zero-order valence-electron chi connectivity index (χ0n) is 19.7. The van der Waals surface area contributed by atoms with E-state index in [9.17, 15) is 15.2 Å². The molecule has 4 nitrogen and oxygen atoms in total. The van der Waals surface area contributed by atoms with E-state index in [2.05, 4.69) is 17.9 Å². The molecule has 176 valence electrons. The minimum atomic E-state index is -1.12. The van der Waals surface area contributed by atoms with Gasteiger partial charge in [0, 0.05) is 12.0 Å². The van der Waals surface area contributed by atoms with Crippen molar-refractivity contribution in [1.29, 1.82) is 5.26 Å². The molecule has 32 heavy (non-hydrogen) atoms. The maximum absolute atomic E-state index is 16.5. The van der Waals surface area contributed by atoms with Crippen LogP contribution in [0.4, 0.5) is 4.39 Å². The quantitative estimate of drug-likeness (QED) is 0.691. The van der Waals surface area contributed by atoms with Gasteiger partial charge in [0.05, 0.1) is 24.3 Å². The highest BCUT2D eigenvalue weighted by Gasteiger charge is 2.64. The molecule has 6 rings (SSSR count). The molecule has 5 heteroatoms. The van der Waals surface area contributed by atoms with Crippen LogP contribution in [-0.4, -0.2) is 45.7 Å². The van der Waals surface area contributed by atoms with E-state index in [1.54, 1.807) is 0 Å². The number of aliphatic hydroxyl groups is 1. The van der Waals surface area contributed by atoms with Crippen LogP contribution in [0.2, 0.25) is 0 Å². The first kappa shape index (κ1) is 21.5. The summed E-state index contributed by atoms with van der Waals surface area (Å²) in [6, 6.07) is 2.82. The van der Waals surface area contributed by atoms with Crippen molar-refractivity contribution in [2.75, 3.05) is 6.54 Å². The third-order valence-electron chi connectivity index (χ3n) is 11.4. The third-order valence-corrected chi connectivity index (χ3v) is 11.4. The fourth-order valence-corrected chi connectivity index (χ4v) is 9.70. The minimum absolute atomic E-state index is 0.000238. The molecule has 6 aliphatic rings. The van der Waals surface area contributed by atoms with E-state index in [0.29, 0.717) is 55.4 Å². The molecule has 0 aromatic heterocycles. The van der Waals surface area contributed by atoms with Crippen LogP contribution >= 0.6 is 0 Å². The lowest BCUT2D eigenvalue weighted by Gasteiger charge is -2.59. The number of Topliss-reactive ketones (excluding diaryl/α,β-unsaturated/α-hetero) is 1. The number of hydrogen-bond donors (Lipinski definition) is 1. The number of nitrogens with zero attached hydrogens (tertiary/aromatic N) is 2. The molecule has 5 aliphatic carbocycles. The van der Waals surface area contributed by atoms with Gasteiger partial charge in [0.1, 0.15) is 5.67 Å². The highest BCUT2D eigenvalue weighted by atomic mass is 19.1. The van der Waals surface area contributed by atoms with Crippen molar-refractivity contribution < 1.29 is 14.3 Å². The first-order valence-corrected chi connectivity index (χ1v) is 13.3. The van der Waals surface area contributed by atoms with Gasteiger partial charge in [-0.25, -0.2) is 4.39 Å². The molecule has 1 saturated heterocycles. The molecule has 0 aromatic carbocycles. The molecule has 1 aliphatic heterocycles. The van der Waals surface area contributed by atoms with Crippen LogP contribution in [0.25, 0.3) is 0 Å². The molecule has 1 N–H and O–H groups in total. The second-order valence-corrected chi connectivity index (χ2v) is 13.0. The van der Waals surface area contributed by atoms with Crippen molar-refractivity contribution >= 4 is 5.78 Å². The summed E-state index contributed by atoms with van der Waals surface area (Å²) in [4.78, 5) is 15.8. The number of ketones is 1. The van der Waals surface area contributed by atoms with Gasteiger partial charge in [-0.3, -0.25) is 9.69 Å². The molecule has 5 saturated carbocycles. The molecule has 0 radical (unpaired) electrons. The monoisotopic (exact) mass is 442 g/mol. The lowest BCUT2D eigenvalue weighted by atomic mass is 9.48. The van der Waals surface area contributed by atoms with Gasteiger partial charge in [-0.1, -0.05) is 6.92 Å². The highest BCUT2D eigenvalue weighted by Crippen LogP contribution is 2.66. The first-order valence-electron chi connectivity index (χ1n) is 13.3. The average molecular weight is 443 g/mol. The summed E-state index contributed by atoms with van der Waals surface area (Å²) in [7, 11) is 0. The number of piperidine rings is 1. The Balaban J connectivity index is 1.19. The van der Waals surface area contributed by atoms with Gasteiger partial charge in [-0.15, -0.1) is 0 Å². The fourth-order valence-electron chi connectivity index (χ4n) is 9.70. The number of nitriles is 1. The summed E-state index contributed by atoms with van der Waals surface area (Å²) >= 11 is 0. The van der Waals surface area contributed by atoms with Crippen LogP contribution in [0.5, 0.6) is 0 Å². The van der Waals surface area contributed by atoms with Gasteiger partial charge in [-0.2, -0.15) is 5.26 Å². The van der Waals surface area contributed by atoms with Gasteiger partial charge in [0.15, 0.2) is 5.78 Å². The Morgan fingerprint density at radius 3 is 2.69 bits per heavy atom. The Labute approximate surface area is 191 Å². The van der Waals surface area contributed by atoms with E-state index in [-0.39, 0.29) is 29.2 Å². The lowest BCUT2D eigenvalue weighted by molar-refractivity contribution is -0.166. The fraction of sp³-hybridized carbons (Fsp3) is 0.926. The number of rotatable bonds is 3. The predicted octanol–water partition coefficient (Wildman–Crippen LogP) is 4.65. The van der Waals surface area contributed by atoms with Crippen LogP contribution in [0.3, 0.4) is 0 Å². The SMILES string of the molecule is C[C@@]1(O)CC[C@@]2(F)[C@H](CC[C@H]3[C@@H]4CC[C@H](C(=O)CN5[C@@H]6C[C@@H]6C[C@@H]5C#N)[C@@]4(C)CC[C@@H]32)C1. The Hall–Kier alpha value is -0.990.